The van der Waals surface area contributed by atoms with Gasteiger partial charge in [-0.3, -0.25) is 9.59 Å². The lowest BCUT2D eigenvalue weighted by Crippen LogP contribution is -2.28. The van der Waals surface area contributed by atoms with Gasteiger partial charge < -0.3 is 14.2 Å². The maximum atomic E-state index is 11.1. The highest BCUT2D eigenvalue weighted by Gasteiger charge is 2.14. The molecule has 5 heteroatoms. The van der Waals surface area contributed by atoms with Crippen LogP contribution in [0.2, 0.25) is 0 Å². The molecule has 0 aliphatic carbocycles. The first-order chi connectivity index (χ1) is 14.6. The van der Waals surface area contributed by atoms with Gasteiger partial charge in [-0.05, 0) is 32.1 Å². The number of allylic oxidation sites excluding steroid dienone is 2. The molecule has 0 radical (unpaired) electrons. The van der Waals surface area contributed by atoms with Crippen molar-refractivity contribution in [2.45, 2.75) is 117 Å². The van der Waals surface area contributed by atoms with Crippen LogP contribution in [0.25, 0.3) is 0 Å². The molecule has 0 saturated heterocycles. The maximum absolute atomic E-state index is 11.1. The van der Waals surface area contributed by atoms with Crippen LogP contribution in [0.3, 0.4) is 0 Å². The van der Waals surface area contributed by atoms with Gasteiger partial charge in [0, 0.05) is 20.5 Å². The van der Waals surface area contributed by atoms with Gasteiger partial charge in [0.2, 0.25) is 0 Å². The number of ether oxygens (including phenoxy) is 3. The second-order valence-electron chi connectivity index (χ2n) is 8.05. The molecule has 0 heterocycles. The molecule has 0 rings (SSSR count). The smallest absolute Gasteiger partial charge is 0.303 e. The number of hydrogen-bond acceptors (Lipinski definition) is 5. The zero-order valence-corrected chi connectivity index (χ0v) is 19.8. The lowest BCUT2D eigenvalue weighted by molar-refractivity contribution is -0.159. The van der Waals surface area contributed by atoms with E-state index >= 15 is 0 Å². The molecule has 0 aromatic rings. The Labute approximate surface area is 184 Å². The molecule has 30 heavy (non-hydrogen) atoms. The van der Waals surface area contributed by atoms with E-state index in [1.165, 1.54) is 90.9 Å². The average Bonchev–Trinajstić information content (AvgIpc) is 2.70. The Bertz CT molecular complexity index is 433. The van der Waals surface area contributed by atoms with Crippen molar-refractivity contribution < 1.29 is 23.8 Å². The van der Waals surface area contributed by atoms with E-state index < -0.39 is 12.1 Å². The molecule has 0 N–H and O–H groups in total. The fourth-order valence-corrected chi connectivity index (χ4v) is 3.23. The van der Waals surface area contributed by atoms with E-state index in [1.807, 2.05) is 0 Å². The molecule has 0 aliphatic rings. The average molecular weight is 427 g/mol. The van der Waals surface area contributed by atoms with Gasteiger partial charge in [-0.15, -0.1) is 0 Å². The van der Waals surface area contributed by atoms with Crippen molar-refractivity contribution in [1.29, 1.82) is 0 Å². The predicted molar refractivity (Wildman–Crippen MR) is 122 cm³/mol. The minimum Gasteiger partial charge on any atom is -0.462 e. The monoisotopic (exact) mass is 426 g/mol. The van der Waals surface area contributed by atoms with Gasteiger partial charge >= 0.3 is 11.9 Å². The van der Waals surface area contributed by atoms with Crippen LogP contribution >= 0.6 is 0 Å². The third-order valence-electron chi connectivity index (χ3n) is 4.91. The second-order valence-corrected chi connectivity index (χ2v) is 8.05. The SMILES string of the molecule is CCCCCCCC/C=C\CCCCCCCCOCC(COC(C)=O)OC(C)=O. The van der Waals surface area contributed by atoms with Crippen molar-refractivity contribution in [3.63, 3.8) is 0 Å². The summed E-state index contributed by atoms with van der Waals surface area (Å²) in [5.41, 5.74) is 0. The first-order valence-corrected chi connectivity index (χ1v) is 12.1. The van der Waals surface area contributed by atoms with Crippen LogP contribution < -0.4 is 0 Å². The molecule has 0 bridgehead atoms. The van der Waals surface area contributed by atoms with Gasteiger partial charge in [0.1, 0.15) is 6.61 Å². The first-order valence-electron chi connectivity index (χ1n) is 12.1. The molecule has 176 valence electrons. The second kappa shape index (κ2) is 22.3. The number of carbonyl (C=O) groups excluding carboxylic acids is 2. The minimum absolute atomic E-state index is 0.0440. The standard InChI is InChI=1S/C25H46O5/c1-4-5-6-7-8-9-10-11-12-13-14-15-16-17-18-19-20-28-21-25(30-24(3)27)22-29-23(2)26/h11-12,25H,4-10,13-22H2,1-3H3/b12-11-. The number of rotatable bonds is 21. The van der Waals surface area contributed by atoms with Gasteiger partial charge in [-0.1, -0.05) is 76.9 Å². The van der Waals surface area contributed by atoms with E-state index in [2.05, 4.69) is 19.1 Å². The summed E-state index contributed by atoms with van der Waals surface area (Å²) in [7, 11) is 0. The summed E-state index contributed by atoms with van der Waals surface area (Å²) in [5, 5.41) is 0. The van der Waals surface area contributed by atoms with Crippen molar-refractivity contribution >= 4 is 11.9 Å². The molecule has 5 nitrogen and oxygen atoms in total. The number of hydrogen-bond donors (Lipinski definition) is 0. The topological polar surface area (TPSA) is 61.8 Å². The van der Waals surface area contributed by atoms with E-state index in [-0.39, 0.29) is 19.2 Å². The van der Waals surface area contributed by atoms with Crippen molar-refractivity contribution in [2.75, 3.05) is 19.8 Å². The van der Waals surface area contributed by atoms with E-state index in [1.54, 1.807) is 0 Å². The molecule has 0 fully saturated rings. The zero-order chi connectivity index (χ0) is 22.3. The summed E-state index contributed by atoms with van der Waals surface area (Å²) >= 11 is 0. The van der Waals surface area contributed by atoms with Crippen molar-refractivity contribution in [3.05, 3.63) is 12.2 Å². The van der Waals surface area contributed by atoms with Crippen LogP contribution in [0.15, 0.2) is 12.2 Å². The van der Waals surface area contributed by atoms with Crippen molar-refractivity contribution in [3.8, 4) is 0 Å². The fraction of sp³-hybridized carbons (Fsp3) is 0.840. The Morgan fingerprint density at radius 2 is 1.23 bits per heavy atom. The number of esters is 2. The summed E-state index contributed by atoms with van der Waals surface area (Å²) in [6, 6.07) is 0. The van der Waals surface area contributed by atoms with Crippen LogP contribution in [0.5, 0.6) is 0 Å². The van der Waals surface area contributed by atoms with E-state index in [9.17, 15) is 9.59 Å². The van der Waals surface area contributed by atoms with Crippen LogP contribution in [0.4, 0.5) is 0 Å². The largest absolute Gasteiger partial charge is 0.462 e. The Morgan fingerprint density at radius 3 is 1.77 bits per heavy atom. The Balaban J connectivity index is 3.41. The third kappa shape index (κ3) is 22.9. The van der Waals surface area contributed by atoms with Gasteiger partial charge in [0.05, 0.1) is 6.61 Å². The highest BCUT2D eigenvalue weighted by Crippen LogP contribution is 2.10. The first kappa shape index (κ1) is 28.6. The van der Waals surface area contributed by atoms with E-state index in [0.29, 0.717) is 6.61 Å². The lowest BCUT2D eigenvalue weighted by atomic mass is 10.1. The molecule has 1 unspecified atom stereocenters. The molecule has 1 atom stereocenters. The van der Waals surface area contributed by atoms with Crippen LogP contribution in [0.1, 0.15) is 111 Å². The number of unbranched alkanes of at least 4 members (excludes halogenated alkanes) is 12. The van der Waals surface area contributed by atoms with E-state index in [4.69, 9.17) is 14.2 Å². The van der Waals surface area contributed by atoms with Crippen LogP contribution in [0, 0.1) is 0 Å². The van der Waals surface area contributed by atoms with Crippen LogP contribution in [-0.4, -0.2) is 37.9 Å². The van der Waals surface area contributed by atoms with Crippen molar-refractivity contribution in [2.24, 2.45) is 0 Å². The summed E-state index contributed by atoms with van der Waals surface area (Å²) in [6.07, 6.45) is 22.1. The molecular weight excluding hydrogens is 380 g/mol. The van der Waals surface area contributed by atoms with Crippen molar-refractivity contribution in [1.82, 2.24) is 0 Å². The molecule has 0 aromatic heterocycles. The van der Waals surface area contributed by atoms with Gasteiger partial charge in [-0.25, -0.2) is 0 Å². The quantitative estimate of drug-likeness (QED) is 0.118. The fourth-order valence-electron chi connectivity index (χ4n) is 3.23. The summed E-state index contributed by atoms with van der Waals surface area (Å²) in [5.74, 6) is -0.784. The summed E-state index contributed by atoms with van der Waals surface area (Å²) in [6.45, 7) is 5.88. The third-order valence-corrected chi connectivity index (χ3v) is 4.91. The molecule has 0 spiro atoms. The number of carbonyl (C=O) groups is 2. The van der Waals surface area contributed by atoms with Gasteiger partial charge in [0.25, 0.3) is 0 Å². The Kier molecular flexibility index (Phi) is 21.3. The summed E-state index contributed by atoms with van der Waals surface area (Å²) < 4.78 is 15.5. The lowest BCUT2D eigenvalue weighted by Gasteiger charge is -2.16. The molecular formula is C25H46O5. The minimum atomic E-state index is -0.527. The summed E-state index contributed by atoms with van der Waals surface area (Å²) in [4.78, 5) is 21.9. The Hall–Kier alpha value is -1.36. The zero-order valence-electron chi connectivity index (χ0n) is 19.8. The normalized spacial score (nSPS) is 12.2. The molecule has 0 aliphatic heterocycles. The molecule has 0 saturated carbocycles. The highest BCUT2D eigenvalue weighted by molar-refractivity contribution is 5.67. The molecule has 0 amide bonds. The highest BCUT2D eigenvalue weighted by atomic mass is 16.6. The van der Waals surface area contributed by atoms with Crippen LogP contribution in [-0.2, 0) is 23.8 Å². The maximum Gasteiger partial charge on any atom is 0.303 e. The molecule has 0 aromatic carbocycles. The van der Waals surface area contributed by atoms with Gasteiger partial charge in [0.15, 0.2) is 6.10 Å². The van der Waals surface area contributed by atoms with Gasteiger partial charge in [-0.2, -0.15) is 0 Å². The predicted octanol–water partition coefficient (Wildman–Crippen LogP) is 6.54. The Morgan fingerprint density at radius 1 is 0.700 bits per heavy atom. The van der Waals surface area contributed by atoms with E-state index in [0.717, 1.165) is 12.8 Å².